The number of rotatable bonds is 20. The second-order valence-electron chi connectivity index (χ2n) is 18.5. The molecule has 0 atom stereocenters. The van der Waals surface area contributed by atoms with E-state index in [-0.39, 0.29) is 0 Å². The Morgan fingerprint density at radius 2 is 0.588 bits per heavy atom. The third kappa shape index (κ3) is 8.62. The maximum absolute atomic E-state index is 5.78. The van der Waals surface area contributed by atoms with Crippen molar-refractivity contribution in [1.29, 1.82) is 0 Å². The van der Waals surface area contributed by atoms with Gasteiger partial charge in [0.25, 0.3) is 23.3 Å². The van der Waals surface area contributed by atoms with Crippen LogP contribution in [0.4, 0.5) is 0 Å². The molecule has 7 aromatic rings. The standard InChI is InChI=1S/C56H73N12/c1-9-25-61-33-34-62(26-10-2)53(61)49-41-17-19-43(57-41)50(54-63(27-11-3)35-36-64(54)28-12-4)45-21-23-47(59-45)52(56-67(31-15-7)39-40-68(56)32-16-8)48-24-22-46(60-48)51(44-20-18-42(49)58-44)55-65(29-13-5)37-38-66(55)30-14-6/h17-24,33-40H,9-16,25-32H2,1-8H3,(H,57,58,59,60)/q+3/p+1. The summed E-state index contributed by atoms with van der Waals surface area (Å²) >= 11 is 0. The highest BCUT2D eigenvalue weighted by atomic mass is 15.2. The highest BCUT2D eigenvalue weighted by molar-refractivity contribution is 5.97. The van der Waals surface area contributed by atoms with E-state index in [1.54, 1.807) is 0 Å². The SMILES string of the molecule is CCCn1cc[n+](CCC)c1-c1c2nc(c(-c3n(CCC)cc[n+]3CCC)c3ccc([nH]3)c(-c3n(CCC)cc[n+]3CCC)c3nc(c(-c4n(CCC)cc[n+]4CCC)c4ccc1[nH]4)C=C3)C=C2. The fraction of sp³-hybridized carbons (Fsp3) is 0.429. The number of H-pyrrole nitrogens is 2. The lowest BCUT2D eigenvalue weighted by molar-refractivity contribution is -0.685. The number of imidazole rings is 4. The van der Waals surface area contributed by atoms with Crippen LogP contribution in [0.1, 0.15) is 130 Å². The number of hydrogen-bond donors (Lipinski definition) is 2. The monoisotopic (exact) mass is 915 g/mol. The van der Waals surface area contributed by atoms with Crippen molar-refractivity contribution in [2.24, 2.45) is 0 Å². The molecule has 68 heavy (non-hydrogen) atoms. The number of nitrogens with zero attached hydrogens (tertiary/aromatic N) is 10. The van der Waals surface area contributed by atoms with Gasteiger partial charge in [-0.1, -0.05) is 55.4 Å². The molecule has 0 radical (unpaired) electrons. The molecule has 8 bridgehead atoms. The summed E-state index contributed by atoms with van der Waals surface area (Å²) in [7, 11) is 0. The summed E-state index contributed by atoms with van der Waals surface area (Å²) in [5, 5.41) is 0. The molecule has 0 aromatic carbocycles. The minimum atomic E-state index is 0.902. The molecule has 0 saturated heterocycles. The van der Waals surface area contributed by atoms with Crippen molar-refractivity contribution in [3.63, 3.8) is 0 Å². The molecule has 2 aliphatic rings. The smallest absolute Gasteiger partial charge is 0.293 e. The molecule has 9 heterocycles. The van der Waals surface area contributed by atoms with Crippen LogP contribution >= 0.6 is 0 Å². The van der Waals surface area contributed by atoms with Gasteiger partial charge in [-0.25, -0.2) is 46.5 Å². The Labute approximate surface area is 402 Å². The summed E-state index contributed by atoms with van der Waals surface area (Å²) in [6, 6.07) is 9.13. The zero-order valence-electron chi connectivity index (χ0n) is 42.0. The van der Waals surface area contributed by atoms with E-state index in [1.807, 2.05) is 0 Å². The lowest BCUT2D eigenvalue weighted by Gasteiger charge is -2.08. The van der Waals surface area contributed by atoms with Gasteiger partial charge < -0.3 is 9.97 Å². The fourth-order valence-electron chi connectivity index (χ4n) is 10.5. The van der Waals surface area contributed by atoms with E-state index < -0.39 is 0 Å². The predicted octanol–water partition coefficient (Wildman–Crippen LogP) is 11.0. The third-order valence-corrected chi connectivity index (χ3v) is 13.2. The van der Waals surface area contributed by atoms with Crippen molar-refractivity contribution >= 4 is 46.4 Å². The fourth-order valence-corrected chi connectivity index (χ4v) is 10.5. The van der Waals surface area contributed by atoms with Gasteiger partial charge in [0, 0.05) is 0 Å². The van der Waals surface area contributed by atoms with Gasteiger partial charge in [0.1, 0.15) is 71.8 Å². The third-order valence-electron chi connectivity index (χ3n) is 13.2. The van der Waals surface area contributed by atoms with Gasteiger partial charge in [0.05, 0.1) is 97.2 Å². The van der Waals surface area contributed by atoms with Crippen molar-refractivity contribution in [1.82, 2.24) is 38.2 Å². The maximum Gasteiger partial charge on any atom is 0.293 e. The van der Waals surface area contributed by atoms with Gasteiger partial charge in [-0.05, 0) is 99.9 Å². The summed E-state index contributed by atoms with van der Waals surface area (Å²) < 4.78 is 19.4. The Balaban J connectivity index is 1.52. The van der Waals surface area contributed by atoms with E-state index >= 15 is 0 Å². The maximum atomic E-state index is 5.78. The molecule has 0 aliphatic carbocycles. The molecule has 2 aliphatic heterocycles. The zero-order valence-corrected chi connectivity index (χ0v) is 42.0. The number of aromatic nitrogens is 12. The Kier molecular flexibility index (Phi) is 14.2. The first-order chi connectivity index (χ1) is 33.4. The van der Waals surface area contributed by atoms with E-state index in [2.05, 4.69) is 200 Å². The molecule has 0 amide bonds. The molecule has 0 saturated carbocycles. The second-order valence-corrected chi connectivity index (χ2v) is 18.5. The van der Waals surface area contributed by atoms with E-state index in [0.717, 1.165) is 194 Å². The minimum absolute atomic E-state index is 0.902. The van der Waals surface area contributed by atoms with Crippen LogP contribution in [0.2, 0.25) is 0 Å². The Morgan fingerprint density at radius 1 is 0.353 bits per heavy atom. The summed E-state index contributed by atoms with van der Waals surface area (Å²) in [6.45, 7) is 25.3. The quantitative estimate of drug-likeness (QED) is 0.0746. The van der Waals surface area contributed by atoms with Crippen molar-refractivity contribution in [2.45, 2.75) is 159 Å². The van der Waals surface area contributed by atoms with Gasteiger partial charge in [0.2, 0.25) is 0 Å². The largest absolute Gasteiger partial charge is 0.354 e. The van der Waals surface area contributed by atoms with Crippen LogP contribution in [0, 0.1) is 0 Å². The second kappa shape index (κ2) is 20.8. The Morgan fingerprint density at radius 3 is 0.794 bits per heavy atom. The summed E-state index contributed by atoms with van der Waals surface area (Å²) in [4.78, 5) is 19.7. The van der Waals surface area contributed by atoms with Crippen LogP contribution in [0.15, 0.2) is 73.8 Å². The molecule has 0 spiro atoms. The molecule has 0 unspecified atom stereocenters. The normalized spacial score (nSPS) is 12.4. The molecule has 12 nitrogen and oxygen atoms in total. The lowest BCUT2D eigenvalue weighted by Crippen LogP contribution is -2.35. The number of fused-ring (bicyclic) bond motifs is 8. The van der Waals surface area contributed by atoms with Crippen LogP contribution in [0.5, 0.6) is 0 Å². The van der Waals surface area contributed by atoms with Gasteiger partial charge in [-0.3, -0.25) is 0 Å². The van der Waals surface area contributed by atoms with E-state index in [4.69, 9.17) is 9.97 Å². The first kappa shape index (κ1) is 46.5. The van der Waals surface area contributed by atoms with E-state index in [9.17, 15) is 0 Å². The van der Waals surface area contributed by atoms with Gasteiger partial charge >= 0.3 is 0 Å². The average Bonchev–Trinajstić information content (AvgIpc) is 4.20. The number of hydrogen-bond acceptors (Lipinski definition) is 2. The number of aryl methyl sites for hydroxylation is 8. The molecule has 12 heteroatoms. The lowest BCUT2D eigenvalue weighted by atomic mass is 10.1. The van der Waals surface area contributed by atoms with Crippen molar-refractivity contribution in [3.8, 4) is 45.6 Å². The van der Waals surface area contributed by atoms with Gasteiger partial charge in [-0.15, -0.1) is 0 Å². The number of aromatic amines is 2. The highest BCUT2D eigenvalue weighted by Gasteiger charge is 2.32. The zero-order chi connectivity index (χ0) is 47.3. The Bertz CT molecular complexity index is 2630. The molecule has 0 fully saturated rings. The molecular weight excluding hydrogens is 841 g/mol. The van der Waals surface area contributed by atoms with Crippen molar-refractivity contribution in [2.75, 3.05) is 0 Å². The summed E-state index contributed by atoms with van der Waals surface area (Å²) in [5.74, 6) is 4.64. The molecular formula is C56H74N12+4. The van der Waals surface area contributed by atoms with Crippen molar-refractivity contribution < 1.29 is 18.3 Å². The van der Waals surface area contributed by atoms with Gasteiger partial charge in [0.15, 0.2) is 0 Å². The highest BCUT2D eigenvalue weighted by Crippen LogP contribution is 2.37. The predicted molar refractivity (Wildman–Crippen MR) is 276 cm³/mol. The van der Waals surface area contributed by atoms with Gasteiger partial charge in [-0.2, -0.15) is 0 Å². The van der Waals surface area contributed by atoms with Crippen molar-refractivity contribution in [3.05, 3.63) is 96.6 Å². The average molecular weight is 915 g/mol. The summed E-state index contributed by atoms with van der Waals surface area (Å²) in [5.41, 5.74) is 12.2. The molecule has 7 aromatic heterocycles. The van der Waals surface area contributed by atoms with Crippen LogP contribution in [0.3, 0.4) is 0 Å². The number of nitrogens with one attached hydrogen (secondary N) is 2. The van der Waals surface area contributed by atoms with E-state index in [1.165, 1.54) is 0 Å². The van der Waals surface area contributed by atoms with E-state index in [0.29, 0.717) is 0 Å². The van der Waals surface area contributed by atoms with Crippen LogP contribution in [-0.4, -0.2) is 38.2 Å². The molecule has 354 valence electrons. The van der Waals surface area contributed by atoms with Crippen LogP contribution in [-0.2, 0) is 52.4 Å². The topological polar surface area (TPSA) is 92.6 Å². The first-order valence-electron chi connectivity index (χ1n) is 25.9. The minimum Gasteiger partial charge on any atom is -0.354 e. The molecule has 2 N–H and O–H groups in total. The van der Waals surface area contributed by atoms with Crippen LogP contribution in [0.25, 0.3) is 91.9 Å². The Hall–Kier alpha value is -6.56. The first-order valence-corrected chi connectivity index (χ1v) is 25.9. The van der Waals surface area contributed by atoms with Crippen LogP contribution < -0.4 is 18.3 Å². The summed E-state index contributed by atoms with van der Waals surface area (Å²) in [6.07, 6.45) is 35.2. The molecule has 9 rings (SSSR count).